The van der Waals surface area contributed by atoms with Gasteiger partial charge in [-0.15, -0.1) is 0 Å². The molecule has 0 radical (unpaired) electrons. The van der Waals surface area contributed by atoms with E-state index in [9.17, 15) is 9.90 Å². The Morgan fingerprint density at radius 3 is 2.45 bits per heavy atom. The number of oxime groups is 1. The van der Waals surface area contributed by atoms with Gasteiger partial charge in [0, 0.05) is 25.9 Å². The maximum Gasteiger partial charge on any atom is 0.303 e. The summed E-state index contributed by atoms with van der Waals surface area (Å²) in [7, 11) is 1.47. The van der Waals surface area contributed by atoms with Crippen LogP contribution in [-0.2, 0) is 20.0 Å². The molecule has 33 heavy (non-hydrogen) atoms. The van der Waals surface area contributed by atoms with Crippen molar-refractivity contribution in [3.63, 3.8) is 0 Å². The zero-order valence-corrected chi connectivity index (χ0v) is 20.5. The highest BCUT2D eigenvalue weighted by Gasteiger charge is 2.34. The van der Waals surface area contributed by atoms with E-state index in [1.165, 1.54) is 14.0 Å². The van der Waals surface area contributed by atoms with E-state index in [0.29, 0.717) is 35.0 Å². The summed E-state index contributed by atoms with van der Waals surface area (Å²) < 4.78 is 5.23. The number of esters is 1. The largest absolute Gasteiger partial charge is 0.460 e. The van der Waals surface area contributed by atoms with Crippen molar-refractivity contribution in [2.24, 2.45) is 5.16 Å². The predicted octanol–water partition coefficient (Wildman–Crippen LogP) is 5.02. The van der Waals surface area contributed by atoms with Gasteiger partial charge in [0.05, 0.1) is 15.6 Å². The molecule has 1 heterocycles. The lowest BCUT2D eigenvalue weighted by molar-refractivity contribution is -0.139. The number of rotatable bonds is 9. The van der Waals surface area contributed by atoms with Crippen molar-refractivity contribution >= 4 is 34.9 Å². The highest BCUT2D eigenvalue weighted by Crippen LogP contribution is 2.34. The minimum atomic E-state index is -0.793. The molecule has 2 aromatic rings. The molecule has 1 aliphatic heterocycles. The van der Waals surface area contributed by atoms with E-state index < -0.39 is 5.60 Å². The number of hydrogen-bond donors (Lipinski definition) is 1. The van der Waals surface area contributed by atoms with Crippen molar-refractivity contribution in [1.29, 1.82) is 0 Å². The fourth-order valence-electron chi connectivity index (χ4n) is 4.23. The summed E-state index contributed by atoms with van der Waals surface area (Å²) in [6.45, 7) is 3.72. The van der Waals surface area contributed by atoms with Crippen LogP contribution in [0, 0.1) is 0 Å². The van der Waals surface area contributed by atoms with E-state index in [4.69, 9.17) is 32.8 Å². The third-order valence-electron chi connectivity index (χ3n) is 6.11. The Bertz CT molecular complexity index is 960. The Labute approximate surface area is 205 Å². The molecule has 0 spiro atoms. The fraction of sp³-hybridized carbons (Fsp3) is 0.440. The van der Waals surface area contributed by atoms with Gasteiger partial charge in [-0.3, -0.25) is 4.79 Å². The number of nitrogens with zero attached hydrogens (tertiary/aromatic N) is 2. The zero-order valence-electron chi connectivity index (χ0n) is 19.0. The number of aliphatic hydroxyl groups is 1. The van der Waals surface area contributed by atoms with Gasteiger partial charge in [0.2, 0.25) is 0 Å². The lowest BCUT2D eigenvalue weighted by Crippen LogP contribution is -2.43. The molecule has 1 atom stereocenters. The van der Waals surface area contributed by atoms with E-state index in [2.05, 4.69) is 10.1 Å². The molecule has 6 nitrogen and oxygen atoms in total. The molecule has 3 rings (SSSR count). The topological polar surface area (TPSA) is 71.4 Å². The van der Waals surface area contributed by atoms with Gasteiger partial charge in [-0.1, -0.05) is 64.8 Å². The van der Waals surface area contributed by atoms with Crippen LogP contribution in [0.2, 0.25) is 10.0 Å². The number of halogens is 2. The summed E-state index contributed by atoms with van der Waals surface area (Å²) in [4.78, 5) is 18.8. The molecule has 2 aromatic carbocycles. The smallest absolute Gasteiger partial charge is 0.303 e. The molecule has 0 bridgehead atoms. The average molecular weight is 493 g/mol. The first-order valence-electron chi connectivity index (χ1n) is 11.0. The molecule has 178 valence electrons. The summed E-state index contributed by atoms with van der Waals surface area (Å²) >= 11 is 12.4. The second-order valence-electron chi connectivity index (χ2n) is 8.30. The Hall–Kier alpha value is -2.12. The summed E-state index contributed by atoms with van der Waals surface area (Å²) in [5.74, 6) is -0.558. The highest BCUT2D eigenvalue weighted by molar-refractivity contribution is 6.42. The molecule has 1 saturated heterocycles. The minimum Gasteiger partial charge on any atom is -0.460 e. The van der Waals surface area contributed by atoms with Gasteiger partial charge in [0.1, 0.15) is 19.4 Å². The maximum atomic E-state index is 11.4. The number of ether oxygens (including phenoxy) is 1. The van der Waals surface area contributed by atoms with Crippen LogP contribution in [0.15, 0.2) is 53.7 Å². The van der Waals surface area contributed by atoms with Gasteiger partial charge >= 0.3 is 5.97 Å². The molecule has 0 aromatic heterocycles. The van der Waals surface area contributed by atoms with Gasteiger partial charge in [-0.25, -0.2) is 0 Å². The van der Waals surface area contributed by atoms with E-state index in [0.717, 1.165) is 30.8 Å². The van der Waals surface area contributed by atoms with Gasteiger partial charge < -0.3 is 19.6 Å². The van der Waals surface area contributed by atoms with E-state index in [-0.39, 0.29) is 18.5 Å². The molecule has 1 fully saturated rings. The normalized spacial score (nSPS) is 17.4. The Balaban J connectivity index is 1.72. The molecule has 1 unspecified atom stereocenters. The predicted molar refractivity (Wildman–Crippen MR) is 131 cm³/mol. The summed E-state index contributed by atoms with van der Waals surface area (Å²) in [6, 6.07) is 15.3. The second-order valence-corrected chi connectivity index (χ2v) is 9.11. The molecule has 1 aliphatic rings. The number of carbonyl (C=O) groups excluding carboxylic acids is 1. The van der Waals surface area contributed by atoms with Crippen LogP contribution in [0.1, 0.15) is 43.2 Å². The van der Waals surface area contributed by atoms with Crippen LogP contribution in [0.25, 0.3) is 0 Å². The van der Waals surface area contributed by atoms with Crippen molar-refractivity contribution in [3.05, 3.63) is 69.7 Å². The summed E-state index contributed by atoms with van der Waals surface area (Å²) in [5, 5.41) is 16.2. The first kappa shape index (κ1) is 25.5. The molecule has 0 amide bonds. The molecule has 1 N–H and O–H groups in total. The number of piperidine rings is 1. The number of carbonyl (C=O) groups is 1. The zero-order chi connectivity index (χ0) is 23.8. The van der Waals surface area contributed by atoms with Gasteiger partial charge in [-0.2, -0.15) is 0 Å². The molecular weight excluding hydrogens is 463 g/mol. The lowest BCUT2D eigenvalue weighted by atomic mass is 9.84. The molecule has 0 saturated carbocycles. The second kappa shape index (κ2) is 11.8. The average Bonchev–Trinajstić information content (AvgIpc) is 2.81. The summed E-state index contributed by atoms with van der Waals surface area (Å²) in [6.07, 6.45) is 2.05. The van der Waals surface area contributed by atoms with Crippen molar-refractivity contribution in [2.75, 3.05) is 33.4 Å². The van der Waals surface area contributed by atoms with Gasteiger partial charge in [-0.05, 0) is 49.1 Å². The van der Waals surface area contributed by atoms with Crippen LogP contribution in [0.5, 0.6) is 0 Å². The van der Waals surface area contributed by atoms with Crippen molar-refractivity contribution in [1.82, 2.24) is 4.90 Å². The van der Waals surface area contributed by atoms with Crippen molar-refractivity contribution in [2.45, 2.75) is 37.7 Å². The highest BCUT2D eigenvalue weighted by atomic mass is 35.5. The third kappa shape index (κ3) is 6.93. The monoisotopic (exact) mass is 492 g/mol. The molecule has 8 heteroatoms. The molecular formula is C25H30Cl2N2O4. The van der Waals surface area contributed by atoms with Crippen LogP contribution in [0.3, 0.4) is 0 Å². The Morgan fingerprint density at radius 2 is 1.85 bits per heavy atom. The van der Waals surface area contributed by atoms with Crippen LogP contribution in [0.4, 0.5) is 0 Å². The number of benzene rings is 2. The van der Waals surface area contributed by atoms with Crippen LogP contribution < -0.4 is 0 Å². The van der Waals surface area contributed by atoms with Crippen LogP contribution in [-0.4, -0.2) is 55.0 Å². The SMILES string of the molecule is CO/N=C(\COC(C)=O)C(CCN1CCC(O)(c2ccccc2)CC1)c1ccc(Cl)c(Cl)c1. The standard InChI is InChI=1S/C25H30Cl2N2O4/c1-18(30)33-17-24(28-32-2)21(19-8-9-22(26)23(27)16-19)10-13-29-14-11-25(31,12-15-29)20-6-4-3-5-7-20/h3-9,16,21,31H,10-15,17H2,1-2H3/b28-24+. The van der Waals surface area contributed by atoms with E-state index in [1.807, 2.05) is 42.5 Å². The van der Waals surface area contributed by atoms with E-state index in [1.54, 1.807) is 6.07 Å². The Kier molecular flexibility index (Phi) is 9.15. The first-order chi connectivity index (χ1) is 15.8. The number of hydrogen-bond acceptors (Lipinski definition) is 6. The van der Waals surface area contributed by atoms with Gasteiger partial charge in [0.25, 0.3) is 0 Å². The quantitative estimate of drug-likeness (QED) is 0.302. The van der Waals surface area contributed by atoms with E-state index >= 15 is 0 Å². The van der Waals surface area contributed by atoms with Crippen LogP contribution >= 0.6 is 23.2 Å². The van der Waals surface area contributed by atoms with Crippen molar-refractivity contribution < 1.29 is 19.5 Å². The fourth-order valence-corrected chi connectivity index (χ4v) is 4.54. The Morgan fingerprint density at radius 1 is 1.15 bits per heavy atom. The first-order valence-corrected chi connectivity index (χ1v) is 11.8. The van der Waals surface area contributed by atoms with Gasteiger partial charge in [0.15, 0.2) is 0 Å². The third-order valence-corrected chi connectivity index (χ3v) is 6.85. The lowest BCUT2D eigenvalue weighted by Gasteiger charge is -2.39. The maximum absolute atomic E-state index is 11.4. The summed E-state index contributed by atoms with van der Waals surface area (Å²) in [5.41, 5.74) is 1.70. The molecule has 0 aliphatic carbocycles. The minimum absolute atomic E-state index is 0.0296. The van der Waals surface area contributed by atoms with Crippen molar-refractivity contribution in [3.8, 4) is 0 Å². The number of likely N-dealkylation sites (tertiary alicyclic amines) is 1.